The smallest absolute Gasteiger partial charge is 0.189 e. The molecule has 0 fully saturated rings. The zero-order chi connectivity index (χ0) is 33.2. The average Bonchev–Trinajstić information content (AvgIpc) is 2.95. The van der Waals surface area contributed by atoms with Gasteiger partial charge in [0.25, 0.3) is 0 Å². The summed E-state index contributed by atoms with van der Waals surface area (Å²) in [4.78, 5) is 24.4. The van der Waals surface area contributed by atoms with E-state index >= 15 is 0 Å². The van der Waals surface area contributed by atoms with E-state index in [9.17, 15) is 19.8 Å². The molecule has 0 aromatic heterocycles. The molecule has 4 heteroatoms. The minimum absolute atomic E-state index is 0.0252. The summed E-state index contributed by atoms with van der Waals surface area (Å²) in [5.41, 5.74) is 6.92. The van der Waals surface area contributed by atoms with Crippen molar-refractivity contribution in [2.24, 2.45) is 10.8 Å². The Bertz CT molecular complexity index is 1450. The largest absolute Gasteiger partial charge is 0.389 e. The van der Waals surface area contributed by atoms with Gasteiger partial charge in [-0.2, -0.15) is 0 Å². The molecule has 0 aromatic carbocycles. The maximum Gasteiger partial charge on any atom is 0.189 e. The van der Waals surface area contributed by atoms with Gasteiger partial charge in [0, 0.05) is 11.8 Å². The Kier molecular flexibility index (Phi) is 13.2. The van der Waals surface area contributed by atoms with Crippen LogP contribution in [0.2, 0.25) is 0 Å². The zero-order valence-corrected chi connectivity index (χ0v) is 28.4. The van der Waals surface area contributed by atoms with Gasteiger partial charge in [-0.25, -0.2) is 0 Å². The molecule has 4 nitrogen and oxygen atoms in total. The normalized spacial score (nSPS) is 24.5. The van der Waals surface area contributed by atoms with Gasteiger partial charge in [0.2, 0.25) is 0 Å². The van der Waals surface area contributed by atoms with Crippen molar-refractivity contribution >= 4 is 11.6 Å². The average molecular weight is 597 g/mol. The summed E-state index contributed by atoms with van der Waals surface area (Å²) < 4.78 is 0. The van der Waals surface area contributed by atoms with Crippen LogP contribution in [0.25, 0.3) is 0 Å². The number of aliphatic hydroxyl groups excluding tert-OH is 2. The molecular formula is C40H52O4. The molecule has 236 valence electrons. The Balaban J connectivity index is 1.96. The van der Waals surface area contributed by atoms with E-state index in [1.807, 2.05) is 89.3 Å². The molecule has 0 heterocycles. The van der Waals surface area contributed by atoms with Gasteiger partial charge in [-0.05, 0) is 75.7 Å². The van der Waals surface area contributed by atoms with E-state index in [0.717, 1.165) is 45.4 Å². The molecule has 0 bridgehead atoms. The van der Waals surface area contributed by atoms with Crippen molar-refractivity contribution in [2.45, 2.75) is 94.3 Å². The first kappa shape index (κ1) is 36.6. The van der Waals surface area contributed by atoms with E-state index in [2.05, 4.69) is 58.1 Å². The summed E-state index contributed by atoms with van der Waals surface area (Å²) in [6.45, 7) is 19.9. The highest BCUT2D eigenvalue weighted by atomic mass is 16.3. The molecule has 0 saturated heterocycles. The van der Waals surface area contributed by atoms with Crippen LogP contribution in [0, 0.1) is 10.8 Å². The van der Waals surface area contributed by atoms with Crippen LogP contribution < -0.4 is 0 Å². The third-order valence-corrected chi connectivity index (χ3v) is 8.59. The van der Waals surface area contributed by atoms with Gasteiger partial charge in [-0.15, -0.1) is 0 Å². The van der Waals surface area contributed by atoms with Gasteiger partial charge in [-0.3, -0.25) is 9.59 Å². The van der Waals surface area contributed by atoms with Crippen LogP contribution >= 0.6 is 0 Å². The van der Waals surface area contributed by atoms with E-state index in [1.165, 1.54) is 0 Å². The molecule has 0 amide bonds. The summed E-state index contributed by atoms with van der Waals surface area (Å²) in [6.07, 6.45) is 27.3. The second kappa shape index (κ2) is 15.9. The first-order valence-corrected chi connectivity index (χ1v) is 15.4. The number of hydrogen-bond donors (Lipinski definition) is 2. The van der Waals surface area contributed by atoms with Crippen LogP contribution in [0.3, 0.4) is 0 Å². The van der Waals surface area contributed by atoms with E-state index in [1.54, 1.807) is 6.92 Å². The molecule has 2 atom stereocenters. The topological polar surface area (TPSA) is 74.6 Å². The van der Waals surface area contributed by atoms with Gasteiger partial charge in [-0.1, -0.05) is 135 Å². The van der Waals surface area contributed by atoms with Crippen molar-refractivity contribution < 1.29 is 19.8 Å². The minimum Gasteiger partial charge on any atom is -0.389 e. The fraction of sp³-hybridized carbons (Fsp3) is 0.400. The van der Waals surface area contributed by atoms with E-state index in [0.29, 0.717) is 12.0 Å². The highest BCUT2D eigenvalue weighted by Gasteiger charge is 2.45. The third kappa shape index (κ3) is 9.97. The number of hydrogen-bond acceptors (Lipinski definition) is 4. The highest BCUT2D eigenvalue weighted by Crippen LogP contribution is 2.40. The second-order valence-electron chi connectivity index (χ2n) is 13.3. The number of allylic oxidation sites excluding steroid dienone is 20. The standard InChI is InChI=1S/C40H52O4/c1-27(17-13-19-29(3)21-23-33-31(5)35(41)25-26-39(33,7)8)15-11-12-16-28(2)18-14-20-30(4)22-24-34-32(6)36(42)37(43)38(44)40(34,9)10/h11-24,37-38,43-44H,25-26H2,1-10H3/b12-11+,17-13+,18-14+,23-21+,24-22+,27-15+,28-16+,29-19+,30-20+. The number of carbonyl (C=O) groups excluding carboxylic acids is 2. The van der Waals surface area contributed by atoms with Crippen LogP contribution in [0.4, 0.5) is 0 Å². The predicted octanol–water partition coefficient (Wildman–Crippen LogP) is 8.91. The van der Waals surface area contributed by atoms with Crippen LogP contribution in [0.15, 0.2) is 130 Å². The first-order valence-electron chi connectivity index (χ1n) is 15.4. The number of aliphatic hydroxyl groups is 2. The molecular weight excluding hydrogens is 544 g/mol. The van der Waals surface area contributed by atoms with Gasteiger partial charge >= 0.3 is 0 Å². The molecule has 0 saturated carbocycles. The molecule has 2 unspecified atom stereocenters. The molecule has 44 heavy (non-hydrogen) atoms. The lowest BCUT2D eigenvalue weighted by molar-refractivity contribution is -0.135. The van der Waals surface area contributed by atoms with E-state index < -0.39 is 23.4 Å². The molecule has 2 aliphatic carbocycles. The van der Waals surface area contributed by atoms with Crippen molar-refractivity contribution in [2.75, 3.05) is 0 Å². The van der Waals surface area contributed by atoms with Gasteiger partial charge in [0.05, 0.1) is 6.10 Å². The maximum atomic E-state index is 12.3. The SMILES string of the molecule is CC1=C(/C=C/C(C)=C/C=C/C(C)=C/C=C/C=C(C)/C=C/C=C(C)/C=C/C2=C(C)C(=O)C(O)C(O)C2(C)C)C(C)(C)CCC1=O. The Hall–Kier alpha value is -3.60. The lowest BCUT2D eigenvalue weighted by Gasteiger charge is -2.39. The van der Waals surface area contributed by atoms with Crippen molar-refractivity contribution in [3.63, 3.8) is 0 Å². The van der Waals surface area contributed by atoms with Crippen LogP contribution in [0.5, 0.6) is 0 Å². The fourth-order valence-corrected chi connectivity index (χ4v) is 5.40. The number of ketones is 2. The molecule has 2 rings (SSSR count). The summed E-state index contributed by atoms with van der Waals surface area (Å²) in [6, 6.07) is 0. The maximum absolute atomic E-state index is 12.3. The summed E-state index contributed by atoms with van der Waals surface area (Å²) in [5, 5.41) is 20.4. The molecule has 0 aromatic rings. The predicted molar refractivity (Wildman–Crippen MR) is 185 cm³/mol. The fourth-order valence-electron chi connectivity index (χ4n) is 5.40. The molecule has 2 N–H and O–H groups in total. The number of rotatable bonds is 10. The van der Waals surface area contributed by atoms with Gasteiger partial charge in [0.1, 0.15) is 6.10 Å². The number of carbonyl (C=O) groups is 2. The Morgan fingerprint density at radius 1 is 0.659 bits per heavy atom. The van der Waals surface area contributed by atoms with Gasteiger partial charge in [0.15, 0.2) is 11.6 Å². The Labute approximate surface area is 265 Å². The lowest BCUT2D eigenvalue weighted by Crippen LogP contribution is -2.49. The van der Waals surface area contributed by atoms with Crippen molar-refractivity contribution in [1.82, 2.24) is 0 Å². The Morgan fingerprint density at radius 3 is 1.59 bits per heavy atom. The highest BCUT2D eigenvalue weighted by molar-refractivity contribution is 6.01. The molecule has 2 aliphatic rings. The summed E-state index contributed by atoms with van der Waals surface area (Å²) in [7, 11) is 0. The number of Topliss-reactive ketones (excluding diaryl/α,β-unsaturated/α-hetero) is 2. The van der Waals surface area contributed by atoms with E-state index in [-0.39, 0.29) is 11.2 Å². The van der Waals surface area contributed by atoms with Crippen molar-refractivity contribution in [1.29, 1.82) is 0 Å². The van der Waals surface area contributed by atoms with E-state index in [4.69, 9.17) is 0 Å². The minimum atomic E-state index is -1.38. The van der Waals surface area contributed by atoms with Crippen molar-refractivity contribution in [3.05, 3.63) is 130 Å². The molecule has 0 radical (unpaired) electrons. The summed E-state index contributed by atoms with van der Waals surface area (Å²) >= 11 is 0. The monoisotopic (exact) mass is 596 g/mol. The van der Waals surface area contributed by atoms with Crippen LogP contribution in [-0.4, -0.2) is 34.0 Å². The second-order valence-corrected chi connectivity index (χ2v) is 13.3. The third-order valence-electron chi connectivity index (χ3n) is 8.59. The Morgan fingerprint density at radius 2 is 1.09 bits per heavy atom. The zero-order valence-electron chi connectivity index (χ0n) is 28.4. The lowest BCUT2D eigenvalue weighted by atomic mass is 9.69. The van der Waals surface area contributed by atoms with Crippen LogP contribution in [0.1, 0.15) is 82.1 Å². The first-order chi connectivity index (χ1) is 20.5. The quantitative estimate of drug-likeness (QED) is 0.247. The van der Waals surface area contributed by atoms with Crippen LogP contribution in [-0.2, 0) is 9.59 Å². The molecule has 0 spiro atoms. The molecule has 0 aliphatic heterocycles. The van der Waals surface area contributed by atoms with Gasteiger partial charge < -0.3 is 10.2 Å². The summed E-state index contributed by atoms with van der Waals surface area (Å²) in [5.74, 6) is -0.163. The van der Waals surface area contributed by atoms with Crippen molar-refractivity contribution in [3.8, 4) is 0 Å².